The fourth-order valence-corrected chi connectivity index (χ4v) is 1.97. The van der Waals surface area contributed by atoms with Gasteiger partial charge in [-0.3, -0.25) is 0 Å². The van der Waals surface area contributed by atoms with Gasteiger partial charge in [0.2, 0.25) is 0 Å². The molecule has 0 aliphatic rings. The van der Waals surface area contributed by atoms with Crippen LogP contribution in [0, 0.1) is 5.92 Å². The van der Waals surface area contributed by atoms with E-state index in [9.17, 15) is 0 Å². The lowest BCUT2D eigenvalue weighted by Crippen LogP contribution is -2.34. The van der Waals surface area contributed by atoms with Crippen LogP contribution in [0.2, 0.25) is 0 Å². The Morgan fingerprint density at radius 3 is 2.61 bits per heavy atom. The van der Waals surface area contributed by atoms with Crippen molar-refractivity contribution in [1.82, 2.24) is 0 Å². The number of nitrogens with two attached hydrogens (primary N) is 1. The van der Waals surface area contributed by atoms with Crippen LogP contribution in [0.5, 0.6) is 5.75 Å². The molecular weight excluding hydrogens is 222 g/mol. The van der Waals surface area contributed by atoms with Crippen molar-refractivity contribution < 1.29 is 4.74 Å². The molecule has 0 amide bonds. The van der Waals surface area contributed by atoms with Gasteiger partial charge in [0, 0.05) is 11.4 Å². The molecule has 2 heteroatoms. The molecule has 0 saturated carbocycles. The average molecular weight is 243 g/mol. The summed E-state index contributed by atoms with van der Waals surface area (Å²) in [5.41, 5.74) is 6.09. The van der Waals surface area contributed by atoms with Crippen molar-refractivity contribution in [3.63, 3.8) is 0 Å². The monoisotopic (exact) mass is 243 g/mol. The van der Waals surface area contributed by atoms with Gasteiger partial charge in [0.1, 0.15) is 12.4 Å². The first-order chi connectivity index (χ1) is 8.72. The maximum Gasteiger partial charge on any atom is 0.127 e. The van der Waals surface area contributed by atoms with E-state index in [0.717, 1.165) is 17.6 Å². The molecule has 0 aromatic heterocycles. The molecule has 2 atom stereocenters. The minimum absolute atomic E-state index is 0.0916. The highest BCUT2D eigenvalue weighted by molar-refractivity contribution is 5.88. The summed E-state index contributed by atoms with van der Waals surface area (Å²) in [7, 11) is 0. The highest BCUT2D eigenvalue weighted by atomic mass is 16.5. The molecule has 0 heterocycles. The number of benzene rings is 2. The molecule has 2 nitrogen and oxygen atoms in total. The molecule has 0 radical (unpaired) electrons. The van der Waals surface area contributed by atoms with Gasteiger partial charge in [-0.25, -0.2) is 0 Å². The van der Waals surface area contributed by atoms with E-state index in [2.05, 4.69) is 32.0 Å². The predicted octanol–water partition coefficient (Wildman–Crippen LogP) is 3.59. The van der Waals surface area contributed by atoms with Crippen molar-refractivity contribution in [2.24, 2.45) is 11.7 Å². The van der Waals surface area contributed by atoms with E-state index in [1.165, 1.54) is 5.39 Å². The minimum atomic E-state index is 0.0916. The summed E-state index contributed by atoms with van der Waals surface area (Å²) in [6.07, 6.45) is 1.08. The zero-order chi connectivity index (χ0) is 13.0. The van der Waals surface area contributed by atoms with Crippen LogP contribution in [0.4, 0.5) is 0 Å². The van der Waals surface area contributed by atoms with Crippen molar-refractivity contribution in [3.8, 4) is 5.75 Å². The Morgan fingerprint density at radius 2 is 1.83 bits per heavy atom. The molecule has 0 bridgehead atoms. The number of hydrogen-bond donors (Lipinski definition) is 1. The fraction of sp³-hybridized carbons (Fsp3) is 0.375. The lowest BCUT2D eigenvalue weighted by molar-refractivity contribution is 0.252. The summed E-state index contributed by atoms with van der Waals surface area (Å²) in [5.74, 6) is 1.41. The van der Waals surface area contributed by atoms with Crippen molar-refractivity contribution in [2.75, 3.05) is 6.61 Å². The fourth-order valence-electron chi connectivity index (χ4n) is 1.97. The van der Waals surface area contributed by atoms with E-state index in [1.54, 1.807) is 0 Å². The Labute approximate surface area is 109 Å². The normalized spacial score (nSPS) is 14.4. The van der Waals surface area contributed by atoms with Crippen LogP contribution >= 0.6 is 0 Å². The lowest BCUT2D eigenvalue weighted by Gasteiger charge is -2.19. The average Bonchev–Trinajstić information content (AvgIpc) is 2.43. The SMILES string of the molecule is CCC(C)C(N)COc1cccc2ccccc12. The molecule has 0 saturated heterocycles. The van der Waals surface area contributed by atoms with E-state index in [1.807, 2.05) is 24.3 Å². The van der Waals surface area contributed by atoms with Crippen LogP contribution in [0.25, 0.3) is 10.8 Å². The van der Waals surface area contributed by atoms with Gasteiger partial charge in [-0.2, -0.15) is 0 Å². The Bertz CT molecular complexity index is 504. The van der Waals surface area contributed by atoms with Gasteiger partial charge in [0.25, 0.3) is 0 Å². The number of fused-ring (bicyclic) bond motifs is 1. The Kier molecular flexibility index (Phi) is 4.21. The summed E-state index contributed by atoms with van der Waals surface area (Å²) in [6, 6.07) is 14.5. The van der Waals surface area contributed by atoms with Crippen LogP contribution in [0.15, 0.2) is 42.5 Å². The first kappa shape index (κ1) is 12.9. The molecule has 96 valence electrons. The zero-order valence-corrected chi connectivity index (χ0v) is 11.1. The van der Waals surface area contributed by atoms with Gasteiger partial charge < -0.3 is 10.5 Å². The Hall–Kier alpha value is -1.54. The standard InChI is InChI=1S/C16H21NO/c1-3-12(2)15(17)11-18-16-10-6-8-13-7-4-5-9-14(13)16/h4-10,12,15H,3,11,17H2,1-2H3. The van der Waals surface area contributed by atoms with Gasteiger partial charge in [-0.05, 0) is 17.4 Å². The van der Waals surface area contributed by atoms with Crippen LogP contribution in [-0.4, -0.2) is 12.6 Å². The Balaban J connectivity index is 2.12. The molecule has 0 spiro atoms. The van der Waals surface area contributed by atoms with E-state index < -0.39 is 0 Å². The summed E-state index contributed by atoms with van der Waals surface area (Å²) < 4.78 is 5.88. The first-order valence-corrected chi connectivity index (χ1v) is 6.58. The molecule has 2 aromatic rings. The molecule has 0 aliphatic heterocycles. The van der Waals surface area contributed by atoms with Gasteiger partial charge in [-0.1, -0.05) is 56.7 Å². The number of hydrogen-bond acceptors (Lipinski definition) is 2. The summed E-state index contributed by atoms with van der Waals surface area (Å²) in [4.78, 5) is 0. The first-order valence-electron chi connectivity index (χ1n) is 6.58. The molecular formula is C16H21NO. The molecule has 0 fully saturated rings. The van der Waals surface area contributed by atoms with E-state index >= 15 is 0 Å². The van der Waals surface area contributed by atoms with Crippen molar-refractivity contribution in [1.29, 1.82) is 0 Å². The van der Waals surface area contributed by atoms with Crippen molar-refractivity contribution in [3.05, 3.63) is 42.5 Å². The third-order valence-electron chi connectivity index (χ3n) is 3.56. The lowest BCUT2D eigenvalue weighted by atomic mass is 10.0. The smallest absolute Gasteiger partial charge is 0.127 e. The van der Waals surface area contributed by atoms with Crippen molar-refractivity contribution in [2.45, 2.75) is 26.3 Å². The number of rotatable bonds is 5. The quantitative estimate of drug-likeness (QED) is 0.871. The second kappa shape index (κ2) is 5.87. The Morgan fingerprint density at radius 1 is 1.11 bits per heavy atom. The maximum absolute atomic E-state index is 6.09. The van der Waals surface area contributed by atoms with Gasteiger partial charge >= 0.3 is 0 Å². The highest BCUT2D eigenvalue weighted by Gasteiger charge is 2.12. The van der Waals surface area contributed by atoms with Crippen LogP contribution in [-0.2, 0) is 0 Å². The summed E-state index contributed by atoms with van der Waals surface area (Å²) in [6.45, 7) is 4.89. The van der Waals surface area contributed by atoms with Gasteiger partial charge in [-0.15, -0.1) is 0 Å². The highest BCUT2D eigenvalue weighted by Crippen LogP contribution is 2.25. The molecule has 2 N–H and O–H groups in total. The topological polar surface area (TPSA) is 35.2 Å². The minimum Gasteiger partial charge on any atom is -0.491 e. The third-order valence-corrected chi connectivity index (χ3v) is 3.56. The van der Waals surface area contributed by atoms with Crippen molar-refractivity contribution >= 4 is 10.8 Å². The molecule has 2 aromatic carbocycles. The number of ether oxygens (including phenoxy) is 1. The third kappa shape index (κ3) is 2.82. The summed E-state index contributed by atoms with van der Waals surface area (Å²) in [5, 5.41) is 2.35. The summed E-state index contributed by atoms with van der Waals surface area (Å²) >= 11 is 0. The van der Waals surface area contributed by atoms with Gasteiger partial charge in [0.15, 0.2) is 0 Å². The largest absolute Gasteiger partial charge is 0.491 e. The zero-order valence-electron chi connectivity index (χ0n) is 11.1. The van der Waals surface area contributed by atoms with Crippen LogP contribution in [0.3, 0.4) is 0 Å². The van der Waals surface area contributed by atoms with E-state index in [0.29, 0.717) is 12.5 Å². The van der Waals surface area contributed by atoms with Gasteiger partial charge in [0.05, 0.1) is 0 Å². The molecule has 0 aliphatic carbocycles. The molecule has 2 rings (SSSR count). The maximum atomic E-state index is 6.09. The molecule has 2 unspecified atom stereocenters. The predicted molar refractivity (Wildman–Crippen MR) is 76.9 cm³/mol. The van der Waals surface area contributed by atoms with E-state index in [4.69, 9.17) is 10.5 Å². The van der Waals surface area contributed by atoms with Crippen LogP contribution < -0.4 is 10.5 Å². The van der Waals surface area contributed by atoms with E-state index in [-0.39, 0.29) is 6.04 Å². The molecule has 18 heavy (non-hydrogen) atoms. The second-order valence-electron chi connectivity index (χ2n) is 4.84. The second-order valence-corrected chi connectivity index (χ2v) is 4.84. The van der Waals surface area contributed by atoms with Crippen LogP contribution in [0.1, 0.15) is 20.3 Å².